The van der Waals surface area contributed by atoms with Crippen molar-refractivity contribution < 1.29 is 9.00 Å². The zero-order valence-electron chi connectivity index (χ0n) is 12.3. The van der Waals surface area contributed by atoms with Crippen LogP contribution in [-0.2, 0) is 15.6 Å². The molecular formula is C14H19N3O2S2. The summed E-state index contributed by atoms with van der Waals surface area (Å²) in [6.07, 6.45) is 0. The van der Waals surface area contributed by atoms with Gasteiger partial charge in [0.05, 0.1) is 21.0 Å². The smallest absolute Gasteiger partial charge is 0.233 e. The quantitative estimate of drug-likeness (QED) is 0.825. The molecule has 0 radical (unpaired) electrons. The van der Waals surface area contributed by atoms with Crippen molar-refractivity contribution in [3.63, 3.8) is 0 Å². The molecule has 5 nitrogen and oxygen atoms in total. The van der Waals surface area contributed by atoms with Gasteiger partial charge in [0.1, 0.15) is 5.75 Å². The fourth-order valence-corrected chi connectivity index (χ4v) is 3.87. The molecular weight excluding hydrogens is 306 g/mol. The van der Waals surface area contributed by atoms with Crippen LogP contribution in [0.2, 0.25) is 0 Å². The number of carbonyl (C=O) groups is 1. The van der Waals surface area contributed by atoms with Gasteiger partial charge in [-0.1, -0.05) is 13.8 Å². The number of aromatic nitrogens is 1. The van der Waals surface area contributed by atoms with Gasteiger partial charge in [-0.05, 0) is 31.0 Å². The third-order valence-electron chi connectivity index (χ3n) is 3.24. The Kier molecular flexibility index (Phi) is 4.95. The normalized spacial score (nSPS) is 14.3. The number of rotatable bonds is 5. The summed E-state index contributed by atoms with van der Waals surface area (Å²) in [5.74, 6) is 0.0629. The second-order valence-electron chi connectivity index (χ2n) is 5.30. The van der Waals surface area contributed by atoms with Gasteiger partial charge in [0.25, 0.3) is 0 Å². The lowest BCUT2D eigenvalue weighted by atomic mass is 10.1. The third-order valence-corrected chi connectivity index (χ3v) is 5.86. The fourth-order valence-electron chi connectivity index (χ4n) is 1.66. The van der Waals surface area contributed by atoms with Crippen molar-refractivity contribution in [2.75, 3.05) is 11.5 Å². The first kappa shape index (κ1) is 15.9. The number of nitrogens with two attached hydrogens (primary N) is 1. The summed E-state index contributed by atoms with van der Waals surface area (Å²) < 4.78 is 13.6. The van der Waals surface area contributed by atoms with Crippen molar-refractivity contribution in [3.8, 4) is 0 Å². The molecule has 3 N–H and O–H groups in total. The lowest BCUT2D eigenvalue weighted by Crippen LogP contribution is -2.38. The number of nitrogen functional groups attached to an aromatic ring is 1. The number of hydrogen-bond acceptors (Lipinski definition) is 5. The van der Waals surface area contributed by atoms with Crippen LogP contribution in [0.25, 0.3) is 10.2 Å². The topological polar surface area (TPSA) is 85.1 Å². The average molecular weight is 325 g/mol. The molecule has 2 rings (SSSR count). The number of nitrogens with zero attached hydrogens (tertiary/aromatic N) is 1. The van der Waals surface area contributed by atoms with Gasteiger partial charge in [-0.2, -0.15) is 0 Å². The van der Waals surface area contributed by atoms with Crippen molar-refractivity contribution >= 4 is 43.9 Å². The van der Waals surface area contributed by atoms with Gasteiger partial charge in [-0.3, -0.25) is 9.00 Å². The predicted molar refractivity (Wildman–Crippen MR) is 87.8 cm³/mol. The van der Waals surface area contributed by atoms with Crippen LogP contribution >= 0.6 is 11.3 Å². The molecule has 1 aromatic carbocycles. The van der Waals surface area contributed by atoms with Crippen molar-refractivity contribution in [1.82, 2.24) is 10.3 Å². The summed E-state index contributed by atoms with van der Waals surface area (Å²) in [4.78, 5) is 16.2. The molecule has 0 spiro atoms. The minimum Gasteiger partial charge on any atom is -0.399 e. The Balaban J connectivity index is 2.06. The highest BCUT2D eigenvalue weighted by molar-refractivity contribution is 7.88. The van der Waals surface area contributed by atoms with E-state index in [9.17, 15) is 9.00 Å². The Morgan fingerprint density at radius 2 is 2.14 bits per heavy atom. The molecule has 0 bridgehead atoms. The van der Waals surface area contributed by atoms with Crippen molar-refractivity contribution in [1.29, 1.82) is 0 Å². The molecule has 114 valence electrons. The first-order chi connectivity index (χ1) is 9.86. The van der Waals surface area contributed by atoms with Crippen molar-refractivity contribution in [3.05, 3.63) is 18.2 Å². The molecule has 0 aliphatic heterocycles. The molecule has 0 saturated carbocycles. The SMILES string of the molecule is CC(C)C(C)NC(=O)CS(=O)c1nc2ccc(N)cc2s1. The van der Waals surface area contributed by atoms with Crippen molar-refractivity contribution in [2.24, 2.45) is 5.92 Å². The Labute approximate surface area is 130 Å². The van der Waals surface area contributed by atoms with E-state index in [1.807, 2.05) is 20.8 Å². The van der Waals surface area contributed by atoms with Crippen LogP contribution in [0.1, 0.15) is 20.8 Å². The van der Waals surface area contributed by atoms with Crippen LogP contribution in [0.4, 0.5) is 5.69 Å². The molecule has 2 atom stereocenters. The maximum absolute atomic E-state index is 12.2. The number of benzene rings is 1. The van der Waals surface area contributed by atoms with Gasteiger partial charge in [0.2, 0.25) is 5.91 Å². The molecule has 0 aliphatic rings. The standard InChI is InChI=1S/C14H19N3O2S2/c1-8(2)9(3)16-13(18)7-21(19)14-17-11-5-4-10(15)6-12(11)20-14/h4-6,8-9H,7,15H2,1-3H3,(H,16,18). The summed E-state index contributed by atoms with van der Waals surface area (Å²) in [6.45, 7) is 5.99. The van der Waals surface area contributed by atoms with Crippen molar-refractivity contribution in [2.45, 2.75) is 31.2 Å². The van der Waals surface area contributed by atoms with E-state index in [0.29, 0.717) is 15.9 Å². The summed E-state index contributed by atoms with van der Waals surface area (Å²) in [6, 6.07) is 5.41. The van der Waals surface area contributed by atoms with Crippen LogP contribution in [0.5, 0.6) is 0 Å². The van der Waals surface area contributed by atoms with Crippen LogP contribution < -0.4 is 11.1 Å². The van der Waals surface area contributed by atoms with Crippen LogP contribution in [0.15, 0.2) is 22.5 Å². The molecule has 2 aromatic rings. The molecule has 1 amide bonds. The van der Waals surface area contributed by atoms with Crippen LogP contribution in [0, 0.1) is 5.92 Å². The van der Waals surface area contributed by atoms with Gasteiger partial charge in [-0.15, -0.1) is 11.3 Å². The number of fused-ring (bicyclic) bond motifs is 1. The van der Waals surface area contributed by atoms with Gasteiger partial charge in [-0.25, -0.2) is 4.98 Å². The van der Waals surface area contributed by atoms with Crippen LogP contribution in [0.3, 0.4) is 0 Å². The summed E-state index contributed by atoms with van der Waals surface area (Å²) in [7, 11) is -1.43. The number of anilines is 1. The lowest BCUT2D eigenvalue weighted by molar-refractivity contribution is -0.119. The molecule has 0 aliphatic carbocycles. The van der Waals surface area contributed by atoms with E-state index in [1.54, 1.807) is 18.2 Å². The minimum absolute atomic E-state index is 0.0599. The van der Waals surface area contributed by atoms with E-state index >= 15 is 0 Å². The first-order valence-corrected chi connectivity index (χ1v) is 8.84. The number of carbonyl (C=O) groups excluding carboxylic acids is 1. The summed E-state index contributed by atoms with van der Waals surface area (Å²) >= 11 is 1.32. The highest BCUT2D eigenvalue weighted by Gasteiger charge is 2.17. The van der Waals surface area contributed by atoms with E-state index in [0.717, 1.165) is 10.2 Å². The minimum atomic E-state index is -1.43. The lowest BCUT2D eigenvalue weighted by Gasteiger charge is -2.16. The third kappa shape index (κ3) is 4.01. The fraction of sp³-hybridized carbons (Fsp3) is 0.429. The number of amides is 1. The zero-order valence-corrected chi connectivity index (χ0v) is 13.9. The Morgan fingerprint density at radius 3 is 2.81 bits per heavy atom. The highest BCUT2D eigenvalue weighted by atomic mass is 32.2. The molecule has 21 heavy (non-hydrogen) atoms. The number of hydrogen-bond donors (Lipinski definition) is 2. The molecule has 7 heteroatoms. The largest absolute Gasteiger partial charge is 0.399 e. The molecule has 1 aromatic heterocycles. The van der Waals surface area contributed by atoms with Crippen LogP contribution in [-0.4, -0.2) is 26.9 Å². The molecule has 0 saturated heterocycles. The maximum Gasteiger partial charge on any atom is 0.233 e. The highest BCUT2D eigenvalue weighted by Crippen LogP contribution is 2.26. The van der Waals surface area contributed by atoms with E-state index in [2.05, 4.69) is 10.3 Å². The van der Waals surface area contributed by atoms with E-state index in [-0.39, 0.29) is 17.7 Å². The second-order valence-corrected chi connectivity index (χ2v) is 7.95. The monoisotopic (exact) mass is 325 g/mol. The summed E-state index contributed by atoms with van der Waals surface area (Å²) in [5.41, 5.74) is 7.12. The Bertz CT molecular complexity index is 682. The van der Waals surface area contributed by atoms with Gasteiger partial charge < -0.3 is 11.1 Å². The average Bonchev–Trinajstić information content (AvgIpc) is 2.81. The van der Waals surface area contributed by atoms with Gasteiger partial charge in [0, 0.05) is 11.7 Å². The molecule has 0 fully saturated rings. The maximum atomic E-state index is 12.2. The number of thiazole rings is 1. The second kappa shape index (κ2) is 6.53. The Morgan fingerprint density at radius 1 is 1.43 bits per heavy atom. The molecule has 2 unspecified atom stereocenters. The Hall–Kier alpha value is -1.47. The number of nitrogens with one attached hydrogen (secondary N) is 1. The zero-order chi connectivity index (χ0) is 15.6. The first-order valence-electron chi connectivity index (χ1n) is 6.70. The van der Waals surface area contributed by atoms with E-state index in [4.69, 9.17) is 5.73 Å². The van der Waals surface area contributed by atoms with Gasteiger partial charge in [0.15, 0.2) is 4.34 Å². The van der Waals surface area contributed by atoms with Gasteiger partial charge >= 0.3 is 0 Å². The van der Waals surface area contributed by atoms with E-state index in [1.165, 1.54) is 11.3 Å². The van der Waals surface area contributed by atoms with E-state index < -0.39 is 10.8 Å². The molecule has 1 heterocycles. The predicted octanol–water partition coefficient (Wildman–Crippen LogP) is 2.15. The summed E-state index contributed by atoms with van der Waals surface area (Å²) in [5, 5.41) is 2.85.